The van der Waals surface area contributed by atoms with Crippen LogP contribution in [0.5, 0.6) is 0 Å². The molecular weight excluding hydrogens is 227 g/mol. The van der Waals surface area contributed by atoms with Gasteiger partial charge in [-0.1, -0.05) is 58.8 Å². The minimum absolute atomic E-state index is 0.212. The summed E-state index contributed by atoms with van der Waals surface area (Å²) >= 11 is 0. The maximum atomic E-state index is 5.28. The average molecular weight is 246 g/mol. The highest BCUT2D eigenvalue weighted by Crippen LogP contribution is 2.42. The predicted octanol–water partition coefficient (Wildman–Crippen LogP) is 3.49. The van der Waals surface area contributed by atoms with E-state index in [9.17, 15) is 0 Å². The predicted molar refractivity (Wildman–Crippen MR) is 76.2 cm³/mol. The van der Waals surface area contributed by atoms with Crippen LogP contribution in [-0.4, -0.2) is 12.3 Å². The third-order valence-corrected chi connectivity index (χ3v) is 5.16. The zero-order valence-corrected chi connectivity index (χ0v) is 11.6. The molecule has 90 valence electrons. The molecule has 2 rings (SSSR count). The van der Waals surface area contributed by atoms with Crippen molar-refractivity contribution >= 4 is 13.9 Å². The summed E-state index contributed by atoms with van der Waals surface area (Å²) in [7, 11) is 2.52. The minimum Gasteiger partial charge on any atom is -0.497 e. The van der Waals surface area contributed by atoms with Crippen LogP contribution in [0.15, 0.2) is 54.3 Å². The summed E-state index contributed by atoms with van der Waals surface area (Å²) in [5.74, 6) is 1.48. The van der Waals surface area contributed by atoms with Crippen LogP contribution in [-0.2, 0) is 4.74 Å². The molecular formula is C15H19OP. The Labute approximate surface area is 105 Å². The van der Waals surface area contributed by atoms with Crippen LogP contribution < -0.4 is 5.30 Å². The fourth-order valence-electron chi connectivity index (χ4n) is 2.01. The summed E-state index contributed by atoms with van der Waals surface area (Å²) in [6.45, 7) is 4.58. The molecule has 0 saturated carbocycles. The molecule has 0 saturated heterocycles. The number of methoxy groups -OCH3 is 1. The van der Waals surface area contributed by atoms with E-state index < -0.39 is 0 Å². The van der Waals surface area contributed by atoms with E-state index in [1.807, 2.05) is 0 Å². The molecule has 1 nitrogen and oxygen atoms in total. The SMILES string of the molecule is COC1=CC(C)C(C)(Pc2ccccc2)C=C1. The van der Waals surface area contributed by atoms with Crippen LogP contribution in [0.25, 0.3) is 0 Å². The number of hydrogen-bond acceptors (Lipinski definition) is 1. The molecule has 2 heteroatoms. The fraction of sp³-hybridized carbons (Fsp3) is 0.333. The van der Waals surface area contributed by atoms with Gasteiger partial charge >= 0.3 is 0 Å². The molecule has 0 radical (unpaired) electrons. The topological polar surface area (TPSA) is 9.23 Å². The molecule has 1 aromatic carbocycles. The van der Waals surface area contributed by atoms with Gasteiger partial charge in [0.25, 0.3) is 0 Å². The van der Waals surface area contributed by atoms with Crippen LogP contribution in [0, 0.1) is 5.92 Å². The molecule has 0 bridgehead atoms. The highest BCUT2D eigenvalue weighted by Gasteiger charge is 2.30. The van der Waals surface area contributed by atoms with E-state index in [0.29, 0.717) is 5.92 Å². The van der Waals surface area contributed by atoms with Gasteiger partial charge in [0, 0.05) is 5.16 Å². The first-order valence-corrected chi connectivity index (χ1v) is 6.92. The van der Waals surface area contributed by atoms with Gasteiger partial charge in [-0.05, 0) is 23.4 Å². The molecule has 0 N–H and O–H groups in total. The lowest BCUT2D eigenvalue weighted by Gasteiger charge is -2.34. The van der Waals surface area contributed by atoms with Gasteiger partial charge in [0.15, 0.2) is 0 Å². The summed E-state index contributed by atoms with van der Waals surface area (Å²) in [4.78, 5) is 0. The molecule has 3 unspecified atom stereocenters. The maximum absolute atomic E-state index is 5.28. The molecule has 1 aromatic rings. The monoisotopic (exact) mass is 246 g/mol. The lowest BCUT2D eigenvalue weighted by Crippen LogP contribution is -2.28. The van der Waals surface area contributed by atoms with Gasteiger partial charge in [-0.3, -0.25) is 0 Å². The zero-order valence-electron chi connectivity index (χ0n) is 10.6. The van der Waals surface area contributed by atoms with E-state index in [4.69, 9.17) is 4.74 Å². The molecule has 0 aliphatic heterocycles. The highest BCUT2D eigenvalue weighted by molar-refractivity contribution is 7.49. The third-order valence-electron chi connectivity index (χ3n) is 3.38. The van der Waals surface area contributed by atoms with Crippen LogP contribution >= 0.6 is 8.58 Å². The van der Waals surface area contributed by atoms with Gasteiger partial charge < -0.3 is 4.74 Å². The van der Waals surface area contributed by atoms with Crippen molar-refractivity contribution in [1.29, 1.82) is 0 Å². The standard InChI is InChI=1S/C15H19OP/c1-12-11-13(16-3)9-10-15(12,2)17-14-7-5-4-6-8-14/h4-12,17H,1-3H3. The highest BCUT2D eigenvalue weighted by atomic mass is 31.1. The molecule has 1 aliphatic carbocycles. The summed E-state index contributed by atoms with van der Waals surface area (Å²) in [5, 5.41) is 1.63. The molecule has 0 heterocycles. The van der Waals surface area contributed by atoms with Gasteiger partial charge in [-0.25, -0.2) is 0 Å². The third kappa shape index (κ3) is 2.79. The minimum atomic E-state index is 0.212. The second-order valence-corrected chi connectivity index (χ2v) is 6.57. The average Bonchev–Trinajstić information content (AvgIpc) is 2.34. The summed E-state index contributed by atoms with van der Waals surface area (Å²) in [5.41, 5.74) is 0. The van der Waals surface area contributed by atoms with E-state index in [0.717, 1.165) is 14.3 Å². The van der Waals surface area contributed by atoms with E-state index in [2.05, 4.69) is 62.4 Å². The van der Waals surface area contributed by atoms with E-state index >= 15 is 0 Å². The Morgan fingerprint density at radius 2 is 1.94 bits per heavy atom. The largest absolute Gasteiger partial charge is 0.497 e. The lowest BCUT2D eigenvalue weighted by atomic mass is 9.90. The molecule has 0 amide bonds. The first-order chi connectivity index (χ1) is 8.14. The molecule has 0 spiro atoms. The van der Waals surface area contributed by atoms with E-state index in [1.165, 1.54) is 5.30 Å². The van der Waals surface area contributed by atoms with Gasteiger partial charge in [-0.2, -0.15) is 0 Å². The maximum Gasteiger partial charge on any atom is 0.114 e. The van der Waals surface area contributed by atoms with Crippen molar-refractivity contribution in [3.8, 4) is 0 Å². The van der Waals surface area contributed by atoms with Crippen LogP contribution in [0.2, 0.25) is 0 Å². The number of rotatable bonds is 3. The van der Waals surface area contributed by atoms with Crippen LogP contribution in [0.4, 0.5) is 0 Å². The zero-order chi connectivity index (χ0) is 12.3. The van der Waals surface area contributed by atoms with Crippen molar-refractivity contribution in [2.45, 2.75) is 19.0 Å². The van der Waals surface area contributed by atoms with E-state index in [-0.39, 0.29) is 5.16 Å². The number of benzene rings is 1. The summed E-state index contributed by atoms with van der Waals surface area (Å²) in [6.07, 6.45) is 6.60. The first-order valence-electron chi connectivity index (χ1n) is 5.92. The number of hydrogen-bond donors (Lipinski definition) is 0. The normalized spacial score (nSPS) is 28.4. The van der Waals surface area contributed by atoms with E-state index in [1.54, 1.807) is 7.11 Å². The van der Waals surface area contributed by atoms with Crippen molar-refractivity contribution in [1.82, 2.24) is 0 Å². The summed E-state index contributed by atoms with van der Waals surface area (Å²) < 4.78 is 5.28. The number of allylic oxidation sites excluding steroid dienone is 3. The quantitative estimate of drug-likeness (QED) is 0.742. The Balaban J connectivity index is 2.16. The lowest BCUT2D eigenvalue weighted by molar-refractivity contribution is 0.298. The first kappa shape index (κ1) is 12.4. The Hall–Kier alpha value is -1.07. The Kier molecular flexibility index (Phi) is 3.69. The Morgan fingerprint density at radius 1 is 1.24 bits per heavy atom. The van der Waals surface area contributed by atoms with Gasteiger partial charge in [-0.15, -0.1) is 0 Å². The van der Waals surface area contributed by atoms with Gasteiger partial charge in [0.2, 0.25) is 0 Å². The van der Waals surface area contributed by atoms with Crippen molar-refractivity contribution in [3.05, 3.63) is 54.3 Å². The second kappa shape index (κ2) is 5.06. The molecule has 0 aromatic heterocycles. The van der Waals surface area contributed by atoms with Crippen molar-refractivity contribution in [3.63, 3.8) is 0 Å². The summed E-state index contributed by atoms with van der Waals surface area (Å²) in [6, 6.07) is 10.7. The Bertz CT molecular complexity index is 435. The molecule has 3 atom stereocenters. The van der Waals surface area contributed by atoms with Gasteiger partial charge in [0.1, 0.15) is 5.76 Å². The smallest absolute Gasteiger partial charge is 0.114 e. The van der Waals surface area contributed by atoms with Crippen molar-refractivity contribution < 1.29 is 4.74 Å². The molecule has 0 fully saturated rings. The van der Waals surface area contributed by atoms with Crippen molar-refractivity contribution in [2.75, 3.05) is 7.11 Å². The van der Waals surface area contributed by atoms with Crippen LogP contribution in [0.3, 0.4) is 0 Å². The fourth-order valence-corrected chi connectivity index (χ4v) is 3.46. The van der Waals surface area contributed by atoms with Gasteiger partial charge in [0.05, 0.1) is 7.11 Å². The molecule has 17 heavy (non-hydrogen) atoms. The van der Waals surface area contributed by atoms with Crippen LogP contribution in [0.1, 0.15) is 13.8 Å². The van der Waals surface area contributed by atoms with Crippen molar-refractivity contribution in [2.24, 2.45) is 5.92 Å². The Morgan fingerprint density at radius 3 is 2.53 bits per heavy atom. The molecule has 1 aliphatic rings. The second-order valence-electron chi connectivity index (χ2n) is 4.67. The number of ether oxygens (including phenoxy) is 1.